The lowest BCUT2D eigenvalue weighted by Crippen LogP contribution is -2.28. The van der Waals surface area contributed by atoms with Crippen molar-refractivity contribution < 1.29 is 9.18 Å². The molecule has 0 spiro atoms. The normalized spacial score (nSPS) is 13.5. The zero-order valence-electron chi connectivity index (χ0n) is 11.4. The Morgan fingerprint density at radius 3 is 2.33 bits per heavy atom. The van der Waals surface area contributed by atoms with Crippen molar-refractivity contribution in [2.45, 2.75) is 10.6 Å². The molecule has 1 N–H and O–H groups in total. The molecule has 0 bridgehead atoms. The van der Waals surface area contributed by atoms with Gasteiger partial charge in [0.2, 0.25) is 5.91 Å². The van der Waals surface area contributed by atoms with E-state index in [1.807, 2.05) is 36.6 Å². The van der Waals surface area contributed by atoms with Gasteiger partial charge in [-0.25, -0.2) is 4.39 Å². The van der Waals surface area contributed by atoms with Gasteiger partial charge in [0.15, 0.2) is 0 Å². The van der Waals surface area contributed by atoms with Crippen molar-refractivity contribution in [3.63, 3.8) is 0 Å². The Hall–Kier alpha value is -1.52. The van der Waals surface area contributed by atoms with Gasteiger partial charge >= 0.3 is 0 Å². The van der Waals surface area contributed by atoms with Gasteiger partial charge in [0, 0.05) is 5.69 Å². The molecule has 0 saturated heterocycles. The van der Waals surface area contributed by atoms with Gasteiger partial charge in [-0.2, -0.15) is 11.8 Å². The topological polar surface area (TPSA) is 29.1 Å². The van der Waals surface area contributed by atoms with E-state index in [9.17, 15) is 9.18 Å². The van der Waals surface area contributed by atoms with Crippen LogP contribution in [0.5, 0.6) is 0 Å². The van der Waals surface area contributed by atoms with Crippen LogP contribution in [0.3, 0.4) is 0 Å². The molecule has 5 heteroatoms. The number of hydrogen-bond acceptors (Lipinski definition) is 2. The highest BCUT2D eigenvalue weighted by atomic mass is 35.5. The summed E-state index contributed by atoms with van der Waals surface area (Å²) in [6.07, 6.45) is 1.83. The smallest absolute Gasteiger partial charge is 0.239 e. The first kappa shape index (κ1) is 15.9. The Labute approximate surface area is 132 Å². The molecule has 1 amide bonds. The van der Waals surface area contributed by atoms with Crippen LogP contribution in [0.4, 0.5) is 10.1 Å². The quantitative estimate of drug-likeness (QED) is 0.822. The largest absolute Gasteiger partial charge is 0.325 e. The van der Waals surface area contributed by atoms with Crippen LogP contribution < -0.4 is 5.32 Å². The van der Waals surface area contributed by atoms with Crippen LogP contribution in [0.1, 0.15) is 10.9 Å². The number of para-hydroxylation sites is 1. The summed E-state index contributed by atoms with van der Waals surface area (Å²) in [6.45, 7) is 0. The lowest BCUT2D eigenvalue weighted by molar-refractivity contribution is -0.115. The van der Waals surface area contributed by atoms with Crippen LogP contribution in [0.2, 0.25) is 0 Å². The van der Waals surface area contributed by atoms with Crippen LogP contribution in [0.25, 0.3) is 0 Å². The summed E-state index contributed by atoms with van der Waals surface area (Å²) >= 11 is 7.75. The molecular weight excluding hydrogens is 309 g/mol. The standard InChI is InChI=1S/C16H15ClFNOS/c1-21-15(14(17)11-7-9-12(18)10-8-11)16(20)19-13-5-3-2-4-6-13/h2-10,14-15H,1H3,(H,19,20)/t14-,15-/m0/s1. The second-order valence-electron chi connectivity index (χ2n) is 4.46. The van der Waals surface area contributed by atoms with Gasteiger partial charge in [-0.05, 0) is 36.1 Å². The molecule has 0 saturated carbocycles. The number of anilines is 1. The number of amides is 1. The van der Waals surface area contributed by atoms with E-state index in [0.29, 0.717) is 0 Å². The predicted molar refractivity (Wildman–Crippen MR) is 87.4 cm³/mol. The second-order valence-corrected chi connectivity index (χ2v) is 5.91. The summed E-state index contributed by atoms with van der Waals surface area (Å²) in [5.74, 6) is -0.491. The highest BCUT2D eigenvalue weighted by Crippen LogP contribution is 2.32. The van der Waals surface area contributed by atoms with Gasteiger partial charge in [-0.3, -0.25) is 4.79 Å². The van der Waals surface area contributed by atoms with Gasteiger partial charge in [0.1, 0.15) is 11.1 Å². The lowest BCUT2D eigenvalue weighted by Gasteiger charge is -2.20. The molecular formula is C16H15ClFNOS. The van der Waals surface area contributed by atoms with E-state index in [0.717, 1.165) is 11.3 Å². The molecule has 2 aromatic rings. The number of halogens is 2. The van der Waals surface area contributed by atoms with E-state index in [1.165, 1.54) is 23.9 Å². The zero-order chi connectivity index (χ0) is 15.2. The van der Waals surface area contributed by atoms with E-state index in [1.54, 1.807) is 12.1 Å². The number of rotatable bonds is 5. The summed E-state index contributed by atoms with van der Waals surface area (Å²) in [5.41, 5.74) is 1.45. The third-order valence-electron chi connectivity index (χ3n) is 3.01. The molecule has 0 unspecified atom stereocenters. The SMILES string of the molecule is CS[C@H](C(=O)Nc1ccccc1)[C@@H](Cl)c1ccc(F)cc1. The van der Waals surface area contributed by atoms with E-state index < -0.39 is 10.6 Å². The molecule has 2 rings (SSSR count). The molecule has 21 heavy (non-hydrogen) atoms. The summed E-state index contributed by atoms with van der Waals surface area (Å²) in [6, 6.07) is 15.1. The highest BCUT2D eigenvalue weighted by molar-refractivity contribution is 8.00. The molecule has 0 radical (unpaired) electrons. The van der Waals surface area contributed by atoms with Crippen molar-refractivity contribution in [2.75, 3.05) is 11.6 Å². The molecule has 0 fully saturated rings. The van der Waals surface area contributed by atoms with Crippen molar-refractivity contribution in [1.29, 1.82) is 0 Å². The number of thioether (sulfide) groups is 1. The minimum Gasteiger partial charge on any atom is -0.325 e. The van der Waals surface area contributed by atoms with Crippen LogP contribution in [-0.4, -0.2) is 17.4 Å². The van der Waals surface area contributed by atoms with E-state index in [-0.39, 0.29) is 11.7 Å². The number of nitrogens with one attached hydrogen (secondary N) is 1. The Balaban J connectivity index is 2.11. The predicted octanol–water partition coefficient (Wildman–Crippen LogP) is 4.48. The lowest BCUT2D eigenvalue weighted by atomic mass is 10.1. The van der Waals surface area contributed by atoms with E-state index in [2.05, 4.69) is 5.32 Å². The van der Waals surface area contributed by atoms with Crippen molar-refractivity contribution in [1.82, 2.24) is 0 Å². The molecule has 2 aromatic carbocycles. The highest BCUT2D eigenvalue weighted by Gasteiger charge is 2.27. The molecule has 0 aliphatic carbocycles. The van der Waals surface area contributed by atoms with Gasteiger partial charge in [-0.1, -0.05) is 30.3 Å². The maximum Gasteiger partial charge on any atom is 0.239 e. The van der Waals surface area contributed by atoms with Crippen LogP contribution >= 0.6 is 23.4 Å². The Morgan fingerprint density at radius 2 is 1.76 bits per heavy atom. The van der Waals surface area contributed by atoms with Gasteiger partial charge in [-0.15, -0.1) is 11.6 Å². The Bertz CT molecular complexity index is 591. The first-order valence-electron chi connectivity index (χ1n) is 6.40. The summed E-state index contributed by atoms with van der Waals surface area (Å²) in [5, 5.41) is 1.85. The van der Waals surface area contributed by atoms with Crippen molar-refractivity contribution in [3.8, 4) is 0 Å². The minimum atomic E-state index is -0.524. The van der Waals surface area contributed by atoms with Gasteiger partial charge in [0.25, 0.3) is 0 Å². The fourth-order valence-corrected chi connectivity index (χ4v) is 3.15. The molecule has 0 aromatic heterocycles. The van der Waals surface area contributed by atoms with Crippen molar-refractivity contribution in [3.05, 3.63) is 66.0 Å². The first-order valence-corrected chi connectivity index (χ1v) is 8.12. The monoisotopic (exact) mass is 323 g/mol. The fraction of sp³-hybridized carbons (Fsp3) is 0.188. The third kappa shape index (κ3) is 4.22. The van der Waals surface area contributed by atoms with Gasteiger partial charge < -0.3 is 5.32 Å². The van der Waals surface area contributed by atoms with Crippen molar-refractivity contribution in [2.24, 2.45) is 0 Å². The fourth-order valence-electron chi connectivity index (χ4n) is 1.92. The third-order valence-corrected chi connectivity index (χ3v) is 4.66. The molecule has 0 aliphatic heterocycles. The van der Waals surface area contributed by atoms with E-state index >= 15 is 0 Å². The summed E-state index contributed by atoms with van der Waals surface area (Å²) < 4.78 is 13.0. The molecule has 2 nitrogen and oxygen atoms in total. The maximum absolute atomic E-state index is 13.0. The van der Waals surface area contributed by atoms with Gasteiger partial charge in [0.05, 0.1) is 5.38 Å². The minimum absolute atomic E-state index is 0.168. The number of alkyl halides is 1. The van der Waals surface area contributed by atoms with Crippen LogP contribution in [0.15, 0.2) is 54.6 Å². The molecule has 110 valence electrons. The first-order chi connectivity index (χ1) is 10.1. The Morgan fingerprint density at radius 1 is 1.14 bits per heavy atom. The number of benzene rings is 2. The van der Waals surface area contributed by atoms with Crippen molar-refractivity contribution >= 4 is 35.0 Å². The summed E-state index contributed by atoms with van der Waals surface area (Å²) in [7, 11) is 0. The second kappa shape index (κ2) is 7.48. The Kier molecular flexibility index (Phi) is 5.65. The molecule has 0 aliphatic rings. The average molecular weight is 324 g/mol. The summed E-state index contributed by atoms with van der Waals surface area (Å²) in [4.78, 5) is 12.3. The average Bonchev–Trinajstić information content (AvgIpc) is 2.49. The number of carbonyl (C=O) groups is 1. The van der Waals surface area contributed by atoms with Crippen LogP contribution in [0, 0.1) is 5.82 Å². The number of carbonyl (C=O) groups excluding carboxylic acids is 1. The van der Waals surface area contributed by atoms with Crippen LogP contribution in [-0.2, 0) is 4.79 Å². The molecule has 2 atom stereocenters. The van der Waals surface area contributed by atoms with E-state index in [4.69, 9.17) is 11.6 Å². The maximum atomic E-state index is 13.0. The molecule has 0 heterocycles. The zero-order valence-corrected chi connectivity index (χ0v) is 13.0. The number of hydrogen-bond donors (Lipinski definition) is 1.